The molecule has 1 nitrogen and oxygen atoms in total. The van der Waals surface area contributed by atoms with Crippen LogP contribution in [0.1, 0.15) is 24.1 Å². The molecule has 0 radical (unpaired) electrons. The van der Waals surface area contributed by atoms with Crippen LogP contribution in [0.5, 0.6) is 0 Å². The molecule has 0 saturated carbocycles. The average molecular weight is 293 g/mol. The first-order valence-electron chi connectivity index (χ1n) is 6.53. The monoisotopic (exact) mass is 293 g/mol. The first kappa shape index (κ1) is 15.0. The van der Waals surface area contributed by atoms with E-state index in [0.717, 1.165) is 11.3 Å². The van der Waals surface area contributed by atoms with Gasteiger partial charge in [0.15, 0.2) is 0 Å². The summed E-state index contributed by atoms with van der Waals surface area (Å²) in [7, 11) is 0. The van der Waals surface area contributed by atoms with E-state index < -0.39 is 17.7 Å². The predicted octanol–water partition coefficient (Wildman–Crippen LogP) is 4.32. The standard InChI is InChI=1S/C16H17F2NS/c1-2-20-12-8-6-11(7-9-12)16(19)10-13-14(17)4-3-5-15(13)18/h3-9,16H,2,10,19H2,1H3. The molecular weight excluding hydrogens is 276 g/mol. The molecule has 0 spiro atoms. The molecule has 0 amide bonds. The number of hydrogen-bond donors (Lipinski definition) is 1. The van der Waals surface area contributed by atoms with Crippen molar-refractivity contribution in [2.75, 3.05) is 5.75 Å². The van der Waals surface area contributed by atoms with Crippen LogP contribution in [0.25, 0.3) is 0 Å². The van der Waals surface area contributed by atoms with E-state index in [1.807, 2.05) is 24.3 Å². The number of benzene rings is 2. The molecule has 2 aromatic carbocycles. The number of halogens is 2. The van der Waals surface area contributed by atoms with Crippen LogP contribution < -0.4 is 5.73 Å². The molecule has 20 heavy (non-hydrogen) atoms. The highest BCUT2D eigenvalue weighted by atomic mass is 32.2. The fourth-order valence-electron chi connectivity index (χ4n) is 2.04. The molecule has 0 aromatic heterocycles. The second-order valence-corrected chi connectivity index (χ2v) is 5.85. The molecule has 0 aliphatic heterocycles. The van der Waals surface area contributed by atoms with Crippen LogP contribution in [0.3, 0.4) is 0 Å². The van der Waals surface area contributed by atoms with Gasteiger partial charge < -0.3 is 5.73 Å². The Morgan fingerprint density at radius 1 is 1.05 bits per heavy atom. The van der Waals surface area contributed by atoms with Gasteiger partial charge in [0.2, 0.25) is 0 Å². The van der Waals surface area contributed by atoms with Crippen LogP contribution in [-0.2, 0) is 6.42 Å². The fraction of sp³-hybridized carbons (Fsp3) is 0.250. The normalized spacial score (nSPS) is 12.4. The molecule has 1 atom stereocenters. The van der Waals surface area contributed by atoms with Gasteiger partial charge in [0, 0.05) is 16.5 Å². The van der Waals surface area contributed by atoms with Crippen LogP contribution in [0.2, 0.25) is 0 Å². The quantitative estimate of drug-likeness (QED) is 0.831. The van der Waals surface area contributed by atoms with Crippen LogP contribution >= 0.6 is 11.8 Å². The van der Waals surface area contributed by atoms with Crippen molar-refractivity contribution in [2.45, 2.75) is 24.3 Å². The SMILES string of the molecule is CCSc1ccc(C(N)Cc2c(F)cccc2F)cc1. The van der Waals surface area contributed by atoms with Crippen molar-refractivity contribution < 1.29 is 8.78 Å². The van der Waals surface area contributed by atoms with Gasteiger partial charge in [-0.2, -0.15) is 0 Å². The molecule has 0 fully saturated rings. The number of nitrogens with two attached hydrogens (primary N) is 1. The third kappa shape index (κ3) is 3.58. The average Bonchev–Trinajstić information content (AvgIpc) is 2.44. The van der Waals surface area contributed by atoms with E-state index in [4.69, 9.17) is 5.73 Å². The van der Waals surface area contributed by atoms with Gasteiger partial charge in [0.05, 0.1) is 0 Å². The van der Waals surface area contributed by atoms with Crippen LogP contribution in [0.4, 0.5) is 8.78 Å². The van der Waals surface area contributed by atoms with E-state index in [-0.39, 0.29) is 12.0 Å². The van der Waals surface area contributed by atoms with Crippen LogP contribution in [0, 0.1) is 11.6 Å². The highest BCUT2D eigenvalue weighted by Crippen LogP contribution is 2.23. The Kier molecular flexibility index (Phi) is 5.15. The van der Waals surface area contributed by atoms with Gasteiger partial charge in [-0.25, -0.2) is 8.78 Å². The van der Waals surface area contributed by atoms with Crippen molar-refractivity contribution in [3.8, 4) is 0 Å². The summed E-state index contributed by atoms with van der Waals surface area (Å²) in [4.78, 5) is 1.17. The lowest BCUT2D eigenvalue weighted by molar-refractivity contribution is 0.540. The smallest absolute Gasteiger partial charge is 0.129 e. The first-order chi connectivity index (χ1) is 9.61. The molecule has 1 unspecified atom stereocenters. The Hall–Kier alpha value is -1.39. The van der Waals surface area contributed by atoms with E-state index in [2.05, 4.69) is 6.92 Å². The van der Waals surface area contributed by atoms with Crippen LogP contribution in [0.15, 0.2) is 47.4 Å². The number of hydrogen-bond acceptors (Lipinski definition) is 2. The van der Waals surface area contributed by atoms with E-state index >= 15 is 0 Å². The Morgan fingerprint density at radius 2 is 1.65 bits per heavy atom. The molecule has 0 bridgehead atoms. The second kappa shape index (κ2) is 6.86. The van der Waals surface area contributed by atoms with Gasteiger partial charge in [-0.05, 0) is 42.0 Å². The summed E-state index contributed by atoms with van der Waals surface area (Å²) in [6.45, 7) is 2.09. The van der Waals surface area contributed by atoms with Crippen molar-refractivity contribution in [2.24, 2.45) is 5.73 Å². The molecule has 0 saturated heterocycles. The number of rotatable bonds is 5. The molecule has 0 aliphatic carbocycles. The number of thioether (sulfide) groups is 1. The summed E-state index contributed by atoms with van der Waals surface area (Å²) in [5, 5.41) is 0. The molecule has 106 valence electrons. The van der Waals surface area contributed by atoms with Crippen molar-refractivity contribution in [1.29, 1.82) is 0 Å². The van der Waals surface area contributed by atoms with Crippen molar-refractivity contribution in [3.63, 3.8) is 0 Å². The summed E-state index contributed by atoms with van der Waals surface area (Å²) in [6, 6.07) is 11.3. The summed E-state index contributed by atoms with van der Waals surface area (Å²) < 4.78 is 27.2. The van der Waals surface area contributed by atoms with E-state index in [9.17, 15) is 8.78 Å². The fourth-order valence-corrected chi connectivity index (χ4v) is 2.70. The predicted molar refractivity (Wildman–Crippen MR) is 79.8 cm³/mol. The van der Waals surface area contributed by atoms with Gasteiger partial charge in [-0.3, -0.25) is 0 Å². The largest absolute Gasteiger partial charge is 0.324 e. The lowest BCUT2D eigenvalue weighted by atomic mass is 9.99. The minimum absolute atomic E-state index is 0.0482. The molecule has 2 aromatic rings. The van der Waals surface area contributed by atoms with E-state index in [1.165, 1.54) is 23.1 Å². The minimum Gasteiger partial charge on any atom is -0.324 e. The van der Waals surface area contributed by atoms with Crippen LogP contribution in [-0.4, -0.2) is 5.75 Å². The highest BCUT2D eigenvalue weighted by molar-refractivity contribution is 7.99. The molecule has 2 rings (SSSR count). The molecule has 0 heterocycles. The van der Waals surface area contributed by atoms with Crippen molar-refractivity contribution in [3.05, 3.63) is 65.2 Å². The van der Waals surface area contributed by atoms with Crippen molar-refractivity contribution in [1.82, 2.24) is 0 Å². The molecule has 2 N–H and O–H groups in total. The Balaban J connectivity index is 2.13. The van der Waals surface area contributed by atoms with Gasteiger partial charge in [-0.1, -0.05) is 25.1 Å². The van der Waals surface area contributed by atoms with Gasteiger partial charge >= 0.3 is 0 Å². The lowest BCUT2D eigenvalue weighted by Crippen LogP contribution is -2.15. The molecular formula is C16H17F2NS. The Morgan fingerprint density at radius 3 is 2.20 bits per heavy atom. The second-order valence-electron chi connectivity index (χ2n) is 4.51. The Bertz CT molecular complexity index is 549. The lowest BCUT2D eigenvalue weighted by Gasteiger charge is -2.14. The summed E-state index contributed by atoms with van der Waals surface area (Å²) in [5.41, 5.74) is 6.98. The van der Waals surface area contributed by atoms with Gasteiger partial charge in [-0.15, -0.1) is 11.8 Å². The zero-order valence-electron chi connectivity index (χ0n) is 11.3. The first-order valence-corrected chi connectivity index (χ1v) is 7.51. The maximum Gasteiger partial charge on any atom is 0.129 e. The minimum atomic E-state index is -0.543. The summed E-state index contributed by atoms with van der Waals surface area (Å²) >= 11 is 1.74. The molecule has 0 aliphatic rings. The molecule has 4 heteroatoms. The van der Waals surface area contributed by atoms with E-state index in [0.29, 0.717) is 0 Å². The Labute approximate surface area is 122 Å². The summed E-state index contributed by atoms with van der Waals surface area (Å²) in [5.74, 6) is -0.0801. The third-order valence-corrected chi connectivity index (χ3v) is 4.00. The van der Waals surface area contributed by atoms with Gasteiger partial charge in [0.1, 0.15) is 11.6 Å². The highest BCUT2D eigenvalue weighted by Gasteiger charge is 2.14. The maximum absolute atomic E-state index is 13.6. The van der Waals surface area contributed by atoms with Crippen molar-refractivity contribution >= 4 is 11.8 Å². The topological polar surface area (TPSA) is 26.0 Å². The third-order valence-electron chi connectivity index (χ3n) is 3.10. The summed E-state index contributed by atoms with van der Waals surface area (Å²) in [6.07, 6.45) is 0.152. The van der Waals surface area contributed by atoms with Gasteiger partial charge in [0.25, 0.3) is 0 Å². The zero-order valence-corrected chi connectivity index (χ0v) is 12.1. The maximum atomic E-state index is 13.6. The van der Waals surface area contributed by atoms with E-state index in [1.54, 1.807) is 11.8 Å². The zero-order chi connectivity index (χ0) is 14.5.